The number of nitrogens with one attached hydrogen (secondary N) is 1. The Kier molecular flexibility index (Phi) is 3.95. The monoisotopic (exact) mass is 314 g/mol. The van der Waals surface area contributed by atoms with E-state index in [1.807, 2.05) is 0 Å². The Labute approximate surface area is 110 Å². The first-order valence-corrected chi connectivity index (χ1v) is 5.79. The van der Waals surface area contributed by atoms with Crippen molar-refractivity contribution in [1.82, 2.24) is 15.4 Å². The minimum Gasteiger partial charge on any atom is -0.271 e. The highest BCUT2D eigenvalue weighted by molar-refractivity contribution is 9.10. The van der Waals surface area contributed by atoms with Crippen LogP contribution in [0.25, 0.3) is 0 Å². The highest BCUT2D eigenvalue weighted by Gasteiger charge is 2.20. The van der Waals surface area contributed by atoms with E-state index in [4.69, 9.17) is 5.84 Å². The van der Waals surface area contributed by atoms with Gasteiger partial charge in [-0.15, -0.1) is 0 Å². The molecule has 1 heterocycles. The lowest BCUT2D eigenvalue weighted by atomic mass is 10.0. The van der Waals surface area contributed by atoms with Gasteiger partial charge >= 0.3 is 0 Å². The second-order valence-corrected chi connectivity index (χ2v) is 4.33. The zero-order chi connectivity index (χ0) is 13.1. The van der Waals surface area contributed by atoms with Gasteiger partial charge in [-0.1, -0.05) is 6.07 Å². The van der Waals surface area contributed by atoms with Crippen LogP contribution < -0.4 is 11.3 Å². The molecule has 2 rings (SSSR count). The number of nitrogens with two attached hydrogens (primary N) is 1. The molecule has 0 amide bonds. The Morgan fingerprint density at radius 2 is 1.89 bits per heavy atom. The zero-order valence-corrected chi connectivity index (χ0v) is 10.7. The number of nitrogens with zero attached hydrogens (tertiary/aromatic N) is 2. The van der Waals surface area contributed by atoms with Crippen molar-refractivity contribution in [2.24, 2.45) is 5.84 Å². The predicted molar refractivity (Wildman–Crippen MR) is 65.3 cm³/mol. The van der Waals surface area contributed by atoms with Crippen molar-refractivity contribution in [2.45, 2.75) is 6.04 Å². The summed E-state index contributed by atoms with van der Waals surface area (Å²) >= 11 is 3.02. The first-order valence-electron chi connectivity index (χ1n) is 4.99. The maximum atomic E-state index is 13.5. The smallest absolute Gasteiger partial charge is 0.173 e. The van der Waals surface area contributed by atoms with Crippen molar-refractivity contribution < 1.29 is 8.78 Å². The summed E-state index contributed by atoms with van der Waals surface area (Å²) in [5.41, 5.74) is 3.63. The van der Waals surface area contributed by atoms with Gasteiger partial charge in [0.05, 0.1) is 10.5 Å². The number of halogens is 3. The summed E-state index contributed by atoms with van der Waals surface area (Å²) in [5.74, 6) is 3.57. The third-order valence-electron chi connectivity index (χ3n) is 2.46. The van der Waals surface area contributed by atoms with E-state index in [2.05, 4.69) is 31.3 Å². The number of hydrogen-bond acceptors (Lipinski definition) is 4. The molecule has 18 heavy (non-hydrogen) atoms. The van der Waals surface area contributed by atoms with Crippen molar-refractivity contribution in [3.8, 4) is 0 Å². The summed E-state index contributed by atoms with van der Waals surface area (Å²) in [4.78, 5) is 7.72. The van der Waals surface area contributed by atoms with Gasteiger partial charge in [0, 0.05) is 18.0 Å². The van der Waals surface area contributed by atoms with Crippen LogP contribution in [0.5, 0.6) is 0 Å². The molecule has 2 aromatic rings. The summed E-state index contributed by atoms with van der Waals surface area (Å²) < 4.78 is 26.6. The Morgan fingerprint density at radius 3 is 2.50 bits per heavy atom. The molecule has 94 valence electrons. The largest absolute Gasteiger partial charge is 0.271 e. The van der Waals surface area contributed by atoms with E-state index in [-0.39, 0.29) is 4.47 Å². The van der Waals surface area contributed by atoms with Crippen LogP contribution >= 0.6 is 15.9 Å². The normalized spacial score (nSPS) is 12.4. The number of hydrogen-bond donors (Lipinski definition) is 2. The van der Waals surface area contributed by atoms with Gasteiger partial charge < -0.3 is 0 Å². The molecule has 3 N–H and O–H groups in total. The number of hydrazine groups is 1. The Morgan fingerprint density at radius 1 is 1.22 bits per heavy atom. The van der Waals surface area contributed by atoms with Gasteiger partial charge in [-0.3, -0.25) is 5.84 Å². The first kappa shape index (κ1) is 13.0. The average Bonchev–Trinajstić information content (AvgIpc) is 2.41. The van der Waals surface area contributed by atoms with E-state index >= 15 is 0 Å². The van der Waals surface area contributed by atoms with E-state index in [0.29, 0.717) is 11.1 Å². The Balaban J connectivity index is 2.50. The van der Waals surface area contributed by atoms with Gasteiger partial charge in [-0.05, 0) is 27.6 Å². The fourth-order valence-electron chi connectivity index (χ4n) is 1.59. The molecular formula is C11H9BrF2N4. The molecule has 0 fully saturated rings. The van der Waals surface area contributed by atoms with E-state index < -0.39 is 17.7 Å². The third kappa shape index (κ3) is 2.38. The molecule has 0 saturated carbocycles. The standard InChI is InChI=1S/C11H9BrF2N4/c12-9-7(1-2-8(13)10(9)14)11(18-15)6-3-16-5-17-4-6/h1-5,11,18H,15H2. The lowest BCUT2D eigenvalue weighted by Gasteiger charge is -2.17. The first-order chi connectivity index (χ1) is 8.65. The molecule has 1 aromatic heterocycles. The van der Waals surface area contributed by atoms with Crippen LogP contribution in [-0.4, -0.2) is 9.97 Å². The average molecular weight is 315 g/mol. The minimum atomic E-state index is -0.954. The topological polar surface area (TPSA) is 63.8 Å². The molecule has 0 radical (unpaired) electrons. The van der Waals surface area contributed by atoms with Gasteiger partial charge in [0.15, 0.2) is 11.6 Å². The highest BCUT2D eigenvalue weighted by Crippen LogP contribution is 2.30. The Bertz CT molecular complexity index is 550. The summed E-state index contributed by atoms with van der Waals surface area (Å²) in [7, 11) is 0. The molecule has 1 aromatic carbocycles. The zero-order valence-electron chi connectivity index (χ0n) is 9.07. The molecule has 1 atom stereocenters. The van der Waals surface area contributed by atoms with Crippen molar-refractivity contribution in [3.05, 3.63) is 58.1 Å². The lowest BCUT2D eigenvalue weighted by molar-refractivity contribution is 0.498. The SMILES string of the molecule is NNC(c1cncnc1)c1ccc(F)c(F)c1Br. The van der Waals surface area contributed by atoms with Gasteiger partial charge in [0.25, 0.3) is 0 Å². The molecule has 0 aliphatic rings. The summed E-state index contributed by atoms with van der Waals surface area (Å²) in [6, 6.07) is 1.96. The van der Waals surface area contributed by atoms with Crippen LogP contribution in [0.2, 0.25) is 0 Å². The van der Waals surface area contributed by atoms with Crippen LogP contribution in [0, 0.1) is 11.6 Å². The molecule has 0 bridgehead atoms. The van der Waals surface area contributed by atoms with E-state index in [0.717, 1.165) is 6.07 Å². The van der Waals surface area contributed by atoms with Crippen molar-refractivity contribution >= 4 is 15.9 Å². The van der Waals surface area contributed by atoms with Gasteiger partial charge in [-0.25, -0.2) is 24.2 Å². The van der Waals surface area contributed by atoms with Crippen LogP contribution in [-0.2, 0) is 0 Å². The van der Waals surface area contributed by atoms with Crippen molar-refractivity contribution in [3.63, 3.8) is 0 Å². The van der Waals surface area contributed by atoms with Gasteiger partial charge in [-0.2, -0.15) is 0 Å². The minimum absolute atomic E-state index is 0.0225. The van der Waals surface area contributed by atoms with Crippen LogP contribution in [0.4, 0.5) is 8.78 Å². The summed E-state index contributed by atoms with van der Waals surface area (Å²) in [5, 5.41) is 0. The second-order valence-electron chi connectivity index (χ2n) is 3.54. The lowest BCUT2D eigenvalue weighted by Crippen LogP contribution is -2.29. The fourth-order valence-corrected chi connectivity index (χ4v) is 2.14. The molecular weight excluding hydrogens is 306 g/mol. The Hall–Kier alpha value is -1.44. The molecule has 0 saturated heterocycles. The van der Waals surface area contributed by atoms with E-state index in [1.165, 1.54) is 12.4 Å². The number of aromatic nitrogens is 2. The third-order valence-corrected chi connectivity index (χ3v) is 3.26. The second kappa shape index (κ2) is 5.47. The molecule has 7 heteroatoms. The molecule has 1 unspecified atom stereocenters. The predicted octanol–water partition coefficient (Wildman–Crippen LogP) is 2.07. The van der Waals surface area contributed by atoms with Crippen LogP contribution in [0.3, 0.4) is 0 Å². The van der Waals surface area contributed by atoms with Crippen LogP contribution in [0.1, 0.15) is 17.2 Å². The van der Waals surface area contributed by atoms with Gasteiger partial charge in [0.1, 0.15) is 6.33 Å². The molecule has 0 spiro atoms. The fraction of sp³-hybridized carbons (Fsp3) is 0.0909. The quantitative estimate of drug-likeness (QED) is 0.517. The molecule has 4 nitrogen and oxygen atoms in total. The van der Waals surface area contributed by atoms with E-state index in [9.17, 15) is 8.78 Å². The summed E-state index contributed by atoms with van der Waals surface area (Å²) in [6.07, 6.45) is 4.47. The number of benzene rings is 1. The van der Waals surface area contributed by atoms with Crippen LogP contribution in [0.15, 0.2) is 35.3 Å². The van der Waals surface area contributed by atoms with E-state index in [1.54, 1.807) is 12.4 Å². The summed E-state index contributed by atoms with van der Waals surface area (Å²) in [6.45, 7) is 0. The maximum absolute atomic E-state index is 13.5. The van der Waals surface area contributed by atoms with Crippen molar-refractivity contribution in [1.29, 1.82) is 0 Å². The van der Waals surface area contributed by atoms with Crippen molar-refractivity contribution in [2.75, 3.05) is 0 Å². The maximum Gasteiger partial charge on any atom is 0.173 e. The molecule has 0 aliphatic heterocycles. The number of rotatable bonds is 3. The highest BCUT2D eigenvalue weighted by atomic mass is 79.9. The molecule has 0 aliphatic carbocycles. The van der Waals surface area contributed by atoms with Gasteiger partial charge in [0.2, 0.25) is 0 Å².